The lowest BCUT2D eigenvalue weighted by atomic mass is 9.99. The SMILES string of the molecule is CC[C@@H](C)c1ccc(OCCn2cnc3ccccc3c2=O)cc1. The molecule has 1 atom stereocenters. The van der Waals surface area contributed by atoms with Crippen molar-refractivity contribution < 1.29 is 4.74 Å². The third kappa shape index (κ3) is 3.48. The lowest BCUT2D eigenvalue weighted by Crippen LogP contribution is -2.23. The summed E-state index contributed by atoms with van der Waals surface area (Å²) >= 11 is 0. The molecule has 0 aliphatic carbocycles. The third-order valence-corrected chi connectivity index (χ3v) is 4.39. The first-order chi connectivity index (χ1) is 11.7. The van der Waals surface area contributed by atoms with Crippen molar-refractivity contribution in [1.82, 2.24) is 9.55 Å². The molecule has 1 aromatic heterocycles. The van der Waals surface area contributed by atoms with Gasteiger partial charge >= 0.3 is 0 Å². The van der Waals surface area contributed by atoms with Gasteiger partial charge in [0.25, 0.3) is 5.56 Å². The van der Waals surface area contributed by atoms with E-state index in [0.29, 0.717) is 24.5 Å². The normalized spacial score (nSPS) is 12.2. The minimum atomic E-state index is -0.0312. The number of fused-ring (bicyclic) bond motifs is 1. The van der Waals surface area contributed by atoms with Crippen LogP contribution in [0.4, 0.5) is 0 Å². The molecule has 2 aromatic carbocycles. The van der Waals surface area contributed by atoms with Gasteiger partial charge in [0, 0.05) is 0 Å². The van der Waals surface area contributed by atoms with Gasteiger partial charge in [-0.1, -0.05) is 38.1 Å². The Hall–Kier alpha value is -2.62. The first-order valence-electron chi connectivity index (χ1n) is 8.36. The van der Waals surface area contributed by atoms with Crippen molar-refractivity contribution in [3.8, 4) is 5.75 Å². The summed E-state index contributed by atoms with van der Waals surface area (Å²) < 4.78 is 7.35. The molecule has 0 aliphatic heterocycles. The first-order valence-corrected chi connectivity index (χ1v) is 8.36. The van der Waals surface area contributed by atoms with Gasteiger partial charge in [0.15, 0.2) is 0 Å². The lowest BCUT2D eigenvalue weighted by molar-refractivity contribution is 0.296. The fraction of sp³-hybridized carbons (Fsp3) is 0.300. The van der Waals surface area contributed by atoms with E-state index in [0.717, 1.165) is 17.7 Å². The molecule has 1 heterocycles. The number of rotatable bonds is 6. The fourth-order valence-corrected chi connectivity index (χ4v) is 2.66. The van der Waals surface area contributed by atoms with E-state index < -0.39 is 0 Å². The van der Waals surface area contributed by atoms with E-state index in [4.69, 9.17) is 4.74 Å². The molecule has 0 N–H and O–H groups in total. The maximum atomic E-state index is 12.4. The quantitative estimate of drug-likeness (QED) is 0.689. The van der Waals surface area contributed by atoms with Crippen LogP contribution >= 0.6 is 0 Å². The maximum Gasteiger partial charge on any atom is 0.261 e. The summed E-state index contributed by atoms with van der Waals surface area (Å²) in [5, 5.41) is 0.637. The zero-order valence-corrected chi connectivity index (χ0v) is 14.1. The Morgan fingerprint density at radius 3 is 2.62 bits per heavy atom. The average Bonchev–Trinajstić information content (AvgIpc) is 2.64. The molecule has 0 amide bonds. The van der Waals surface area contributed by atoms with Crippen molar-refractivity contribution in [3.05, 3.63) is 70.8 Å². The van der Waals surface area contributed by atoms with E-state index in [-0.39, 0.29) is 5.56 Å². The third-order valence-electron chi connectivity index (χ3n) is 4.39. The second-order valence-electron chi connectivity index (χ2n) is 5.99. The molecule has 0 saturated carbocycles. The molecule has 4 heteroatoms. The summed E-state index contributed by atoms with van der Waals surface area (Å²) in [6.45, 7) is 5.31. The van der Waals surface area contributed by atoms with Crippen LogP contribution in [0.25, 0.3) is 10.9 Å². The van der Waals surface area contributed by atoms with E-state index in [2.05, 4.69) is 31.0 Å². The summed E-state index contributed by atoms with van der Waals surface area (Å²) in [6.07, 6.45) is 2.71. The van der Waals surface area contributed by atoms with E-state index in [9.17, 15) is 4.79 Å². The van der Waals surface area contributed by atoms with Gasteiger partial charge < -0.3 is 4.74 Å². The molecule has 0 saturated heterocycles. The Morgan fingerprint density at radius 1 is 1.12 bits per heavy atom. The van der Waals surface area contributed by atoms with E-state index in [1.807, 2.05) is 30.3 Å². The Morgan fingerprint density at radius 2 is 1.88 bits per heavy atom. The van der Waals surface area contributed by atoms with Gasteiger partial charge in [0.2, 0.25) is 0 Å². The van der Waals surface area contributed by atoms with Crippen LogP contribution in [0.2, 0.25) is 0 Å². The number of para-hydroxylation sites is 1. The van der Waals surface area contributed by atoms with Crippen molar-refractivity contribution in [1.29, 1.82) is 0 Å². The Bertz CT molecular complexity index is 869. The summed E-state index contributed by atoms with van der Waals surface area (Å²) in [6, 6.07) is 15.6. The molecular formula is C20H22N2O2. The van der Waals surface area contributed by atoms with Gasteiger partial charge in [0.05, 0.1) is 23.8 Å². The minimum Gasteiger partial charge on any atom is -0.492 e. The van der Waals surface area contributed by atoms with Gasteiger partial charge in [-0.15, -0.1) is 0 Å². The molecule has 4 nitrogen and oxygen atoms in total. The molecule has 3 aromatic rings. The van der Waals surface area contributed by atoms with Gasteiger partial charge in [-0.2, -0.15) is 0 Å². The highest BCUT2D eigenvalue weighted by Gasteiger charge is 2.05. The zero-order chi connectivity index (χ0) is 16.9. The van der Waals surface area contributed by atoms with Crippen LogP contribution in [0.1, 0.15) is 31.7 Å². The number of nitrogens with zero attached hydrogens (tertiary/aromatic N) is 2. The second kappa shape index (κ2) is 7.30. The number of benzene rings is 2. The molecule has 0 fully saturated rings. The highest BCUT2D eigenvalue weighted by Crippen LogP contribution is 2.21. The van der Waals surface area contributed by atoms with Gasteiger partial charge in [-0.25, -0.2) is 4.98 Å². The fourth-order valence-electron chi connectivity index (χ4n) is 2.66. The maximum absolute atomic E-state index is 12.4. The predicted molar refractivity (Wildman–Crippen MR) is 96.6 cm³/mol. The molecule has 0 aliphatic rings. The number of ether oxygens (including phenoxy) is 1. The van der Waals surface area contributed by atoms with E-state index >= 15 is 0 Å². The molecule has 3 rings (SSSR count). The highest BCUT2D eigenvalue weighted by atomic mass is 16.5. The number of hydrogen-bond acceptors (Lipinski definition) is 3. The first kappa shape index (κ1) is 16.2. The van der Waals surface area contributed by atoms with E-state index in [1.165, 1.54) is 5.56 Å². The molecule has 124 valence electrons. The molecule has 0 bridgehead atoms. The zero-order valence-electron chi connectivity index (χ0n) is 14.1. The minimum absolute atomic E-state index is 0.0312. The standard InChI is InChI=1S/C20H22N2O2/c1-3-15(2)16-8-10-17(11-9-16)24-13-12-22-14-21-19-7-5-4-6-18(19)20(22)23/h4-11,14-15H,3,12-13H2,1-2H3/t15-/m1/s1. The van der Waals surface area contributed by atoms with Crippen LogP contribution in [0.15, 0.2) is 59.7 Å². The number of aromatic nitrogens is 2. The van der Waals surface area contributed by atoms with Crippen molar-refractivity contribution in [3.63, 3.8) is 0 Å². The van der Waals surface area contributed by atoms with Crippen LogP contribution in [-0.4, -0.2) is 16.2 Å². The van der Waals surface area contributed by atoms with Crippen LogP contribution in [-0.2, 0) is 6.54 Å². The largest absolute Gasteiger partial charge is 0.492 e. The van der Waals surface area contributed by atoms with Crippen molar-refractivity contribution in [2.45, 2.75) is 32.7 Å². The summed E-state index contributed by atoms with van der Waals surface area (Å²) in [4.78, 5) is 16.7. The molecule has 0 radical (unpaired) electrons. The molecule has 0 spiro atoms. The van der Waals surface area contributed by atoms with Gasteiger partial charge in [-0.05, 0) is 42.2 Å². The summed E-state index contributed by atoms with van der Waals surface area (Å²) in [5.74, 6) is 1.38. The van der Waals surface area contributed by atoms with Crippen LogP contribution < -0.4 is 10.3 Å². The summed E-state index contributed by atoms with van der Waals surface area (Å²) in [7, 11) is 0. The lowest BCUT2D eigenvalue weighted by Gasteiger charge is -2.11. The van der Waals surface area contributed by atoms with Crippen LogP contribution in [0, 0.1) is 0 Å². The predicted octanol–water partition coefficient (Wildman–Crippen LogP) is 3.99. The smallest absolute Gasteiger partial charge is 0.261 e. The monoisotopic (exact) mass is 322 g/mol. The highest BCUT2D eigenvalue weighted by molar-refractivity contribution is 5.76. The molecule has 0 unspecified atom stereocenters. The van der Waals surface area contributed by atoms with Crippen molar-refractivity contribution in [2.24, 2.45) is 0 Å². The Labute approximate surface area is 141 Å². The van der Waals surface area contributed by atoms with Crippen LogP contribution in [0.5, 0.6) is 5.75 Å². The Balaban J connectivity index is 1.64. The molecular weight excluding hydrogens is 300 g/mol. The number of hydrogen-bond donors (Lipinski definition) is 0. The summed E-state index contributed by atoms with van der Waals surface area (Å²) in [5.41, 5.74) is 2.01. The van der Waals surface area contributed by atoms with Crippen molar-refractivity contribution >= 4 is 10.9 Å². The van der Waals surface area contributed by atoms with Gasteiger partial charge in [0.1, 0.15) is 12.4 Å². The van der Waals surface area contributed by atoms with Gasteiger partial charge in [-0.3, -0.25) is 9.36 Å². The van der Waals surface area contributed by atoms with Crippen molar-refractivity contribution in [2.75, 3.05) is 6.61 Å². The average molecular weight is 322 g/mol. The second-order valence-corrected chi connectivity index (χ2v) is 5.99. The van der Waals surface area contributed by atoms with Crippen LogP contribution in [0.3, 0.4) is 0 Å². The Kier molecular flexibility index (Phi) is 4.94. The topological polar surface area (TPSA) is 44.1 Å². The molecule has 24 heavy (non-hydrogen) atoms. The van der Waals surface area contributed by atoms with E-state index in [1.54, 1.807) is 17.0 Å².